The highest BCUT2D eigenvalue weighted by molar-refractivity contribution is 6.39. The zero-order chi connectivity index (χ0) is 17.6. The number of carbonyl (C=O) groups excluding carboxylic acids is 1. The molecule has 0 aromatic heterocycles. The molecular weight excluding hydrogens is 316 g/mol. The number of hydrogen-bond donors (Lipinski definition) is 2. The fraction of sp³-hybridized carbons (Fsp3) is 0.737. The van der Waals surface area contributed by atoms with E-state index < -0.39 is 0 Å². The predicted octanol–water partition coefficient (Wildman–Crippen LogP) is 2.44. The second kappa shape index (κ2) is 6.24. The SMILES string of the molecule is CC1=C(N(CC2CC2)C(=O)C(=N)N=C(N)C2(C3CC3)CC2)CCOC1. The zero-order valence-corrected chi connectivity index (χ0v) is 15.0. The molecule has 0 aromatic rings. The van der Waals surface area contributed by atoms with E-state index in [9.17, 15) is 4.79 Å². The van der Waals surface area contributed by atoms with Crippen molar-refractivity contribution in [3.63, 3.8) is 0 Å². The summed E-state index contributed by atoms with van der Waals surface area (Å²) in [5, 5.41) is 8.26. The largest absolute Gasteiger partial charge is 0.387 e. The van der Waals surface area contributed by atoms with Gasteiger partial charge in [-0.3, -0.25) is 10.2 Å². The van der Waals surface area contributed by atoms with Gasteiger partial charge in [-0.15, -0.1) is 0 Å². The minimum atomic E-state index is -0.308. The van der Waals surface area contributed by atoms with Crippen LogP contribution in [-0.4, -0.2) is 42.2 Å². The molecule has 0 spiro atoms. The zero-order valence-electron chi connectivity index (χ0n) is 15.0. The number of nitrogens with zero attached hydrogens (tertiary/aromatic N) is 2. The number of hydrogen-bond acceptors (Lipinski definition) is 3. The lowest BCUT2D eigenvalue weighted by molar-refractivity contribution is -0.123. The standard InChI is InChI=1S/C19H28N4O2/c1-12-11-25-9-6-15(12)23(10-13-2-3-13)17(24)16(20)22-18(21)19(7-8-19)14-4-5-14/h13-14H,2-11H2,1H3,(H3,20,21,22). The Morgan fingerprint density at radius 1 is 1.36 bits per heavy atom. The van der Waals surface area contributed by atoms with Crippen LogP contribution < -0.4 is 5.73 Å². The van der Waals surface area contributed by atoms with Gasteiger partial charge in [-0.25, -0.2) is 4.99 Å². The van der Waals surface area contributed by atoms with Crippen molar-refractivity contribution in [2.24, 2.45) is 28.0 Å². The van der Waals surface area contributed by atoms with Crippen LogP contribution in [0, 0.1) is 22.7 Å². The summed E-state index contributed by atoms with van der Waals surface area (Å²) in [6, 6.07) is 0. The maximum atomic E-state index is 13.0. The topological polar surface area (TPSA) is 91.8 Å². The molecule has 4 aliphatic rings. The van der Waals surface area contributed by atoms with Gasteiger partial charge in [-0.1, -0.05) is 0 Å². The van der Waals surface area contributed by atoms with E-state index >= 15 is 0 Å². The number of ether oxygens (including phenoxy) is 1. The molecule has 0 atom stereocenters. The second-order valence-electron chi connectivity index (χ2n) is 8.16. The van der Waals surface area contributed by atoms with Crippen LogP contribution in [0.25, 0.3) is 0 Å². The third-order valence-corrected chi connectivity index (χ3v) is 6.10. The monoisotopic (exact) mass is 344 g/mol. The Morgan fingerprint density at radius 2 is 2.08 bits per heavy atom. The van der Waals surface area contributed by atoms with Crippen LogP contribution in [0.3, 0.4) is 0 Å². The molecule has 0 saturated heterocycles. The van der Waals surface area contributed by atoms with Gasteiger partial charge in [0.05, 0.1) is 13.2 Å². The van der Waals surface area contributed by atoms with Crippen molar-refractivity contribution < 1.29 is 9.53 Å². The van der Waals surface area contributed by atoms with Gasteiger partial charge in [0.1, 0.15) is 5.84 Å². The van der Waals surface area contributed by atoms with E-state index in [1.54, 1.807) is 4.90 Å². The van der Waals surface area contributed by atoms with Crippen molar-refractivity contribution in [2.45, 2.75) is 51.9 Å². The van der Waals surface area contributed by atoms with E-state index in [4.69, 9.17) is 15.9 Å². The van der Waals surface area contributed by atoms with E-state index in [0.29, 0.717) is 37.4 Å². The van der Waals surface area contributed by atoms with Crippen molar-refractivity contribution >= 4 is 17.6 Å². The molecule has 0 radical (unpaired) electrons. The van der Waals surface area contributed by atoms with Gasteiger partial charge in [0.15, 0.2) is 0 Å². The summed E-state index contributed by atoms with van der Waals surface area (Å²) in [6.07, 6.45) is 7.58. The molecule has 6 heteroatoms. The molecule has 3 fully saturated rings. The molecule has 1 aliphatic heterocycles. The van der Waals surface area contributed by atoms with Gasteiger partial charge in [0, 0.05) is 24.1 Å². The maximum absolute atomic E-state index is 13.0. The third-order valence-electron chi connectivity index (χ3n) is 6.10. The lowest BCUT2D eigenvalue weighted by Gasteiger charge is -2.30. The van der Waals surface area contributed by atoms with Crippen molar-refractivity contribution in [2.75, 3.05) is 19.8 Å². The molecular formula is C19H28N4O2. The molecule has 6 nitrogen and oxygen atoms in total. The highest BCUT2D eigenvalue weighted by Gasteiger charge is 2.56. The van der Waals surface area contributed by atoms with Crippen LogP contribution in [0.2, 0.25) is 0 Å². The highest BCUT2D eigenvalue weighted by Crippen LogP contribution is 2.61. The number of nitrogens with two attached hydrogens (primary N) is 1. The van der Waals surface area contributed by atoms with Gasteiger partial charge >= 0.3 is 0 Å². The van der Waals surface area contributed by atoms with Crippen molar-refractivity contribution in [3.05, 3.63) is 11.3 Å². The number of rotatable bonds is 5. The fourth-order valence-electron chi connectivity index (χ4n) is 3.98. The smallest absolute Gasteiger partial charge is 0.295 e. The van der Waals surface area contributed by atoms with E-state index in [1.807, 2.05) is 6.92 Å². The summed E-state index contributed by atoms with van der Waals surface area (Å²) in [5.74, 6) is 1.18. The van der Waals surface area contributed by atoms with Crippen LogP contribution >= 0.6 is 0 Å². The van der Waals surface area contributed by atoms with Gasteiger partial charge in [0.2, 0.25) is 5.84 Å². The van der Waals surface area contributed by atoms with Gasteiger partial charge < -0.3 is 15.4 Å². The van der Waals surface area contributed by atoms with E-state index in [0.717, 1.165) is 43.4 Å². The van der Waals surface area contributed by atoms with Gasteiger partial charge in [-0.05, 0) is 62.9 Å². The van der Waals surface area contributed by atoms with Crippen molar-refractivity contribution in [1.82, 2.24) is 4.90 Å². The van der Waals surface area contributed by atoms with Crippen LogP contribution in [0.5, 0.6) is 0 Å². The minimum Gasteiger partial charge on any atom is -0.387 e. The molecule has 0 unspecified atom stereocenters. The predicted molar refractivity (Wildman–Crippen MR) is 96.3 cm³/mol. The Kier molecular flexibility index (Phi) is 4.18. The van der Waals surface area contributed by atoms with Crippen molar-refractivity contribution in [3.8, 4) is 0 Å². The third kappa shape index (κ3) is 3.36. The number of aliphatic imine (C=N–C) groups is 1. The quantitative estimate of drug-likeness (QED) is 0.593. The molecule has 3 N–H and O–H groups in total. The molecule has 25 heavy (non-hydrogen) atoms. The Hall–Kier alpha value is -1.69. The Labute approximate surface area is 149 Å². The molecule has 1 heterocycles. The normalized spacial score (nSPS) is 25.7. The number of nitrogens with one attached hydrogen (secondary N) is 1. The number of amides is 1. The van der Waals surface area contributed by atoms with Gasteiger partial charge in [0.25, 0.3) is 5.91 Å². The first-order chi connectivity index (χ1) is 12.0. The average molecular weight is 344 g/mol. The van der Waals surface area contributed by atoms with E-state index in [1.165, 1.54) is 12.8 Å². The first-order valence-corrected chi connectivity index (χ1v) is 9.52. The first-order valence-electron chi connectivity index (χ1n) is 9.52. The van der Waals surface area contributed by atoms with Crippen LogP contribution in [0.1, 0.15) is 51.9 Å². The molecule has 4 rings (SSSR count). The van der Waals surface area contributed by atoms with Gasteiger partial charge in [-0.2, -0.15) is 0 Å². The maximum Gasteiger partial charge on any atom is 0.295 e. The Morgan fingerprint density at radius 3 is 2.64 bits per heavy atom. The minimum absolute atomic E-state index is 0.00175. The lowest BCUT2D eigenvalue weighted by atomic mass is 9.99. The Bertz CT molecular complexity index is 654. The summed E-state index contributed by atoms with van der Waals surface area (Å²) >= 11 is 0. The number of carbonyl (C=O) groups is 1. The second-order valence-corrected chi connectivity index (χ2v) is 8.16. The molecule has 3 saturated carbocycles. The molecule has 0 aromatic carbocycles. The van der Waals surface area contributed by atoms with Crippen LogP contribution in [-0.2, 0) is 9.53 Å². The van der Waals surface area contributed by atoms with Crippen molar-refractivity contribution in [1.29, 1.82) is 5.41 Å². The molecule has 136 valence electrons. The summed E-state index contributed by atoms with van der Waals surface area (Å²) in [4.78, 5) is 19.0. The summed E-state index contributed by atoms with van der Waals surface area (Å²) in [7, 11) is 0. The van der Waals surface area contributed by atoms with Crippen LogP contribution in [0.15, 0.2) is 16.3 Å². The highest BCUT2D eigenvalue weighted by atomic mass is 16.5. The summed E-state index contributed by atoms with van der Waals surface area (Å²) < 4.78 is 5.48. The molecule has 3 aliphatic carbocycles. The van der Waals surface area contributed by atoms with E-state index in [2.05, 4.69) is 4.99 Å². The summed E-state index contributed by atoms with van der Waals surface area (Å²) in [6.45, 7) is 3.89. The lowest BCUT2D eigenvalue weighted by Crippen LogP contribution is -2.40. The number of amidine groups is 2. The molecule has 1 amide bonds. The summed E-state index contributed by atoms with van der Waals surface area (Å²) in [5.41, 5.74) is 8.32. The van der Waals surface area contributed by atoms with Crippen LogP contribution in [0.4, 0.5) is 0 Å². The fourth-order valence-corrected chi connectivity index (χ4v) is 3.98. The Balaban J connectivity index is 1.52. The van der Waals surface area contributed by atoms with E-state index in [-0.39, 0.29) is 17.2 Å². The first kappa shape index (κ1) is 16.8. The average Bonchev–Trinajstić information content (AvgIpc) is 3.47. The molecule has 0 bridgehead atoms.